The Hall–Kier alpha value is -2.55. The van der Waals surface area contributed by atoms with Crippen molar-refractivity contribution in [2.24, 2.45) is 0 Å². The number of amides is 1. The maximum atomic E-state index is 11.1. The molecule has 2 rings (SSSR count). The van der Waals surface area contributed by atoms with Crippen LogP contribution in [0.4, 0.5) is 11.4 Å². The van der Waals surface area contributed by atoms with E-state index in [0.717, 1.165) is 16.9 Å². The molecule has 0 saturated carbocycles. The van der Waals surface area contributed by atoms with E-state index in [1.54, 1.807) is 0 Å². The van der Waals surface area contributed by atoms with Crippen molar-refractivity contribution in [2.75, 3.05) is 11.9 Å². The van der Waals surface area contributed by atoms with E-state index >= 15 is 0 Å². The number of para-hydroxylation sites is 1. The summed E-state index contributed by atoms with van der Waals surface area (Å²) in [5.41, 5.74) is 3.31. The summed E-state index contributed by atoms with van der Waals surface area (Å²) in [4.78, 5) is 13.2. The predicted molar refractivity (Wildman–Crippen MR) is 83.0 cm³/mol. The molecule has 3 heteroatoms. The van der Waals surface area contributed by atoms with Crippen LogP contribution in [0.25, 0.3) is 0 Å². The molecule has 3 nitrogen and oxygen atoms in total. The minimum absolute atomic E-state index is 0.157. The van der Waals surface area contributed by atoms with Crippen LogP contribution in [0.15, 0.2) is 67.3 Å². The molecule has 0 aliphatic heterocycles. The third-order valence-corrected chi connectivity index (χ3v) is 3.12. The Bertz CT molecular complexity index is 576. The van der Waals surface area contributed by atoms with Gasteiger partial charge in [-0.25, -0.2) is 0 Å². The molecular formula is C17H18N2O. The molecule has 0 bridgehead atoms. The van der Waals surface area contributed by atoms with Crippen LogP contribution in [0.1, 0.15) is 5.56 Å². The van der Waals surface area contributed by atoms with E-state index < -0.39 is 0 Å². The van der Waals surface area contributed by atoms with Gasteiger partial charge in [0.15, 0.2) is 0 Å². The highest BCUT2D eigenvalue weighted by Crippen LogP contribution is 2.23. The number of hydrogen-bond acceptors (Lipinski definition) is 2. The number of hydrogen-bond donors (Lipinski definition) is 1. The van der Waals surface area contributed by atoms with Crippen LogP contribution in [-0.2, 0) is 11.3 Å². The zero-order chi connectivity index (χ0) is 14.4. The van der Waals surface area contributed by atoms with Gasteiger partial charge in [-0.1, -0.05) is 36.9 Å². The van der Waals surface area contributed by atoms with Crippen molar-refractivity contribution in [3.05, 3.63) is 72.8 Å². The lowest BCUT2D eigenvalue weighted by molar-refractivity contribution is -0.116. The number of carbonyl (C=O) groups is 1. The van der Waals surface area contributed by atoms with E-state index in [4.69, 9.17) is 0 Å². The van der Waals surface area contributed by atoms with E-state index in [1.165, 1.54) is 6.08 Å². The lowest BCUT2D eigenvalue weighted by Gasteiger charge is -2.19. The maximum absolute atomic E-state index is 11.1. The Morgan fingerprint density at radius 1 is 1.10 bits per heavy atom. The van der Waals surface area contributed by atoms with Crippen LogP contribution in [0.3, 0.4) is 0 Å². The molecule has 0 aliphatic rings. The first-order valence-corrected chi connectivity index (χ1v) is 6.48. The second-order valence-corrected chi connectivity index (χ2v) is 4.48. The van der Waals surface area contributed by atoms with Crippen LogP contribution in [0.2, 0.25) is 0 Å². The van der Waals surface area contributed by atoms with Crippen LogP contribution < -0.4 is 10.2 Å². The summed E-state index contributed by atoms with van der Waals surface area (Å²) in [5, 5.41) is 2.76. The SMILES string of the molecule is C=CC(=O)NCc1ccc(N(C)c2ccccc2)cc1. The van der Waals surface area contributed by atoms with Crippen molar-refractivity contribution >= 4 is 17.3 Å². The average Bonchev–Trinajstić information content (AvgIpc) is 2.53. The summed E-state index contributed by atoms with van der Waals surface area (Å²) in [6.07, 6.45) is 1.28. The number of carbonyl (C=O) groups excluding carboxylic acids is 1. The Kier molecular flexibility index (Phi) is 4.56. The van der Waals surface area contributed by atoms with Crippen molar-refractivity contribution in [2.45, 2.75) is 6.54 Å². The number of anilines is 2. The van der Waals surface area contributed by atoms with Crippen molar-refractivity contribution in [3.63, 3.8) is 0 Å². The highest BCUT2D eigenvalue weighted by Gasteiger charge is 2.03. The van der Waals surface area contributed by atoms with Gasteiger partial charge in [0.1, 0.15) is 0 Å². The zero-order valence-electron chi connectivity index (χ0n) is 11.5. The van der Waals surface area contributed by atoms with E-state index in [2.05, 4.69) is 28.9 Å². The Morgan fingerprint density at radius 2 is 1.70 bits per heavy atom. The molecule has 1 amide bonds. The standard InChI is InChI=1S/C17H18N2O/c1-3-17(20)18-13-14-9-11-16(12-10-14)19(2)15-7-5-4-6-8-15/h3-12H,1,13H2,2H3,(H,18,20). The maximum Gasteiger partial charge on any atom is 0.243 e. The molecule has 0 atom stereocenters. The first-order chi connectivity index (χ1) is 9.70. The summed E-state index contributed by atoms with van der Waals surface area (Å²) < 4.78 is 0. The molecule has 0 radical (unpaired) electrons. The third-order valence-electron chi connectivity index (χ3n) is 3.12. The van der Waals surface area contributed by atoms with Gasteiger partial charge in [0.05, 0.1) is 0 Å². The fourth-order valence-corrected chi connectivity index (χ4v) is 1.90. The minimum atomic E-state index is -0.157. The fraction of sp³-hybridized carbons (Fsp3) is 0.118. The molecule has 0 fully saturated rings. The molecule has 0 aliphatic carbocycles. The van der Waals surface area contributed by atoms with Crippen LogP contribution in [0, 0.1) is 0 Å². The third kappa shape index (κ3) is 3.48. The summed E-state index contributed by atoms with van der Waals surface area (Å²) in [6, 6.07) is 18.3. The molecule has 0 aromatic heterocycles. The smallest absolute Gasteiger partial charge is 0.243 e. The number of rotatable bonds is 5. The zero-order valence-corrected chi connectivity index (χ0v) is 11.5. The van der Waals surface area contributed by atoms with Crippen molar-refractivity contribution in [3.8, 4) is 0 Å². The topological polar surface area (TPSA) is 32.3 Å². The molecule has 0 spiro atoms. The monoisotopic (exact) mass is 266 g/mol. The molecule has 102 valence electrons. The van der Waals surface area contributed by atoms with Crippen molar-refractivity contribution in [1.29, 1.82) is 0 Å². The van der Waals surface area contributed by atoms with Gasteiger partial charge in [-0.05, 0) is 35.9 Å². The quantitative estimate of drug-likeness (QED) is 0.842. The summed E-state index contributed by atoms with van der Waals surface area (Å²) >= 11 is 0. The Labute approximate surface area is 119 Å². The second kappa shape index (κ2) is 6.57. The van der Waals surface area contributed by atoms with Gasteiger partial charge in [-0.2, -0.15) is 0 Å². The number of nitrogens with one attached hydrogen (secondary N) is 1. The van der Waals surface area contributed by atoms with Crippen LogP contribution in [-0.4, -0.2) is 13.0 Å². The molecule has 2 aromatic carbocycles. The van der Waals surface area contributed by atoms with Crippen molar-refractivity contribution < 1.29 is 4.79 Å². The number of benzene rings is 2. The first-order valence-electron chi connectivity index (χ1n) is 6.48. The van der Waals surface area contributed by atoms with E-state index in [0.29, 0.717) is 6.54 Å². The lowest BCUT2D eigenvalue weighted by atomic mass is 10.2. The Morgan fingerprint density at radius 3 is 2.30 bits per heavy atom. The van der Waals surface area contributed by atoms with E-state index in [9.17, 15) is 4.79 Å². The highest BCUT2D eigenvalue weighted by molar-refractivity contribution is 5.86. The van der Waals surface area contributed by atoms with Gasteiger partial charge < -0.3 is 10.2 Å². The largest absolute Gasteiger partial charge is 0.348 e. The minimum Gasteiger partial charge on any atom is -0.348 e. The predicted octanol–water partition coefficient (Wildman–Crippen LogP) is 3.26. The summed E-state index contributed by atoms with van der Waals surface area (Å²) in [7, 11) is 2.03. The lowest BCUT2D eigenvalue weighted by Crippen LogP contribution is -2.19. The van der Waals surface area contributed by atoms with E-state index in [-0.39, 0.29) is 5.91 Å². The Balaban J connectivity index is 2.04. The van der Waals surface area contributed by atoms with Crippen molar-refractivity contribution in [1.82, 2.24) is 5.32 Å². The molecule has 2 aromatic rings. The first kappa shape index (κ1) is 13.9. The van der Waals surface area contributed by atoms with Gasteiger partial charge in [0.2, 0.25) is 5.91 Å². The van der Waals surface area contributed by atoms with Gasteiger partial charge in [0.25, 0.3) is 0 Å². The molecular weight excluding hydrogens is 248 g/mol. The fourth-order valence-electron chi connectivity index (χ4n) is 1.90. The van der Waals surface area contributed by atoms with Gasteiger partial charge >= 0.3 is 0 Å². The second-order valence-electron chi connectivity index (χ2n) is 4.48. The normalized spacial score (nSPS) is 9.85. The number of nitrogens with zero attached hydrogens (tertiary/aromatic N) is 1. The molecule has 0 saturated heterocycles. The highest BCUT2D eigenvalue weighted by atomic mass is 16.1. The molecule has 1 N–H and O–H groups in total. The average molecular weight is 266 g/mol. The van der Waals surface area contributed by atoms with Gasteiger partial charge in [0, 0.05) is 25.0 Å². The molecule has 0 heterocycles. The summed E-state index contributed by atoms with van der Waals surface area (Å²) in [6.45, 7) is 3.94. The van der Waals surface area contributed by atoms with Gasteiger partial charge in [-0.3, -0.25) is 4.79 Å². The molecule has 20 heavy (non-hydrogen) atoms. The summed E-state index contributed by atoms with van der Waals surface area (Å²) in [5.74, 6) is -0.157. The van der Waals surface area contributed by atoms with Crippen LogP contribution >= 0.6 is 0 Å². The van der Waals surface area contributed by atoms with E-state index in [1.807, 2.05) is 49.5 Å². The molecule has 0 unspecified atom stereocenters. The van der Waals surface area contributed by atoms with Crippen LogP contribution in [0.5, 0.6) is 0 Å². The van der Waals surface area contributed by atoms with Gasteiger partial charge in [-0.15, -0.1) is 0 Å².